The van der Waals surface area contributed by atoms with Gasteiger partial charge >= 0.3 is 12.3 Å². The molecule has 0 amide bonds. The van der Waals surface area contributed by atoms with Gasteiger partial charge in [-0.25, -0.2) is 0 Å². The van der Waals surface area contributed by atoms with Gasteiger partial charge in [0.1, 0.15) is 11.5 Å². The number of allylic oxidation sites excluding steroid dienone is 2. The van der Waals surface area contributed by atoms with Crippen LogP contribution >= 0.6 is 0 Å². The fraction of sp³-hybridized carbons (Fsp3) is 0.476. The Kier molecular flexibility index (Phi) is 7.84. The van der Waals surface area contributed by atoms with Crippen LogP contribution in [-0.4, -0.2) is 38.1 Å². The van der Waals surface area contributed by atoms with Gasteiger partial charge in [0.2, 0.25) is 0 Å². The van der Waals surface area contributed by atoms with Crippen molar-refractivity contribution < 1.29 is 26.7 Å². The van der Waals surface area contributed by atoms with E-state index in [0.717, 1.165) is 43.5 Å². The summed E-state index contributed by atoms with van der Waals surface area (Å²) in [5, 5.41) is 9.20. The SMILES string of the molecule is C#C/C(=N\N(CC)c1ccc(OC(F)(F)C(F)(F)F)cc1)C1=CCC(CNC)CC1. The van der Waals surface area contributed by atoms with Gasteiger partial charge in [0, 0.05) is 6.54 Å². The first-order valence-corrected chi connectivity index (χ1v) is 9.51. The van der Waals surface area contributed by atoms with Gasteiger partial charge in [-0.3, -0.25) is 5.01 Å². The number of hydrogen-bond donors (Lipinski definition) is 1. The molecule has 1 unspecified atom stereocenters. The third kappa shape index (κ3) is 5.95. The first-order chi connectivity index (χ1) is 14.1. The third-order valence-corrected chi connectivity index (χ3v) is 4.68. The van der Waals surface area contributed by atoms with Gasteiger partial charge in [0.05, 0.1) is 5.69 Å². The van der Waals surface area contributed by atoms with Gasteiger partial charge in [0.25, 0.3) is 0 Å². The predicted octanol–water partition coefficient (Wildman–Crippen LogP) is 4.98. The van der Waals surface area contributed by atoms with Crippen LogP contribution in [0.25, 0.3) is 0 Å². The van der Waals surface area contributed by atoms with Crippen molar-refractivity contribution in [1.82, 2.24) is 5.32 Å². The van der Waals surface area contributed by atoms with Crippen molar-refractivity contribution >= 4 is 11.4 Å². The van der Waals surface area contributed by atoms with Crippen molar-refractivity contribution in [2.75, 3.05) is 25.1 Å². The smallest absolute Gasteiger partial charge is 0.426 e. The highest BCUT2D eigenvalue weighted by Crippen LogP contribution is 2.37. The van der Waals surface area contributed by atoms with E-state index in [0.29, 0.717) is 23.9 Å². The molecular weight excluding hydrogens is 405 g/mol. The molecule has 1 atom stereocenters. The van der Waals surface area contributed by atoms with Crippen LogP contribution in [-0.2, 0) is 0 Å². The van der Waals surface area contributed by atoms with Crippen LogP contribution < -0.4 is 15.1 Å². The van der Waals surface area contributed by atoms with Gasteiger partial charge in [0.15, 0.2) is 0 Å². The molecule has 0 aromatic heterocycles. The van der Waals surface area contributed by atoms with Crippen LogP contribution in [0.15, 0.2) is 41.0 Å². The van der Waals surface area contributed by atoms with Gasteiger partial charge in [-0.05, 0) is 81.5 Å². The summed E-state index contributed by atoms with van der Waals surface area (Å²) in [4.78, 5) is 0. The van der Waals surface area contributed by atoms with Crippen molar-refractivity contribution in [3.63, 3.8) is 0 Å². The molecule has 30 heavy (non-hydrogen) atoms. The standard InChI is InChI=1S/C21H24F5N3O/c1-4-19(16-8-6-15(7-9-16)14-27-3)28-29(5-2)17-10-12-18(13-11-17)30-21(25,26)20(22,23)24/h1,8,10-13,15,27H,5-7,9,14H2,2-3H3/b28-19+. The molecule has 0 radical (unpaired) electrons. The molecule has 1 aromatic carbocycles. The Labute approximate surface area is 172 Å². The quantitative estimate of drug-likeness (QED) is 0.274. The summed E-state index contributed by atoms with van der Waals surface area (Å²) in [5.74, 6) is 2.52. The normalized spacial score (nSPS) is 17.9. The molecule has 1 N–H and O–H groups in total. The number of hydrogen-bond acceptors (Lipinski definition) is 4. The molecular formula is C21H24F5N3O. The number of terminal acetylenes is 1. The van der Waals surface area contributed by atoms with E-state index in [2.05, 4.69) is 27.2 Å². The lowest BCUT2D eigenvalue weighted by atomic mass is 9.88. The fourth-order valence-corrected chi connectivity index (χ4v) is 3.09. The Bertz CT molecular complexity index is 809. The monoisotopic (exact) mass is 429 g/mol. The molecule has 4 nitrogen and oxygen atoms in total. The van der Waals surface area contributed by atoms with Crippen molar-refractivity contribution in [2.24, 2.45) is 11.0 Å². The number of hydrazone groups is 1. The second-order valence-corrected chi connectivity index (χ2v) is 6.85. The maximum Gasteiger partial charge on any atom is 0.499 e. The lowest BCUT2D eigenvalue weighted by Gasteiger charge is -2.23. The maximum atomic E-state index is 13.0. The topological polar surface area (TPSA) is 36.9 Å². The summed E-state index contributed by atoms with van der Waals surface area (Å²) in [5.41, 5.74) is 1.93. The van der Waals surface area contributed by atoms with Crippen molar-refractivity contribution in [2.45, 2.75) is 38.5 Å². The summed E-state index contributed by atoms with van der Waals surface area (Å²) in [6.07, 6.45) is -0.676. The molecule has 0 saturated carbocycles. The first kappa shape index (κ1) is 23.7. The van der Waals surface area contributed by atoms with E-state index in [4.69, 9.17) is 6.42 Å². The molecule has 0 heterocycles. The van der Waals surface area contributed by atoms with Crippen molar-refractivity contribution in [3.8, 4) is 18.1 Å². The maximum absolute atomic E-state index is 13.0. The Morgan fingerprint density at radius 3 is 2.40 bits per heavy atom. The zero-order chi connectivity index (χ0) is 22.4. The first-order valence-electron chi connectivity index (χ1n) is 9.51. The van der Waals surface area contributed by atoms with E-state index in [1.54, 1.807) is 5.01 Å². The van der Waals surface area contributed by atoms with Gasteiger partial charge in [-0.1, -0.05) is 6.08 Å². The highest BCUT2D eigenvalue weighted by atomic mass is 19.4. The summed E-state index contributed by atoms with van der Waals surface area (Å²) < 4.78 is 66.7. The molecule has 2 rings (SSSR count). The number of benzene rings is 1. The van der Waals surface area contributed by atoms with Gasteiger partial charge < -0.3 is 10.1 Å². The number of ether oxygens (including phenoxy) is 1. The lowest BCUT2D eigenvalue weighted by Crippen LogP contribution is -2.41. The summed E-state index contributed by atoms with van der Waals surface area (Å²) in [6, 6.07) is 4.76. The number of alkyl halides is 5. The van der Waals surface area contributed by atoms with Crippen molar-refractivity contribution in [3.05, 3.63) is 35.9 Å². The molecule has 0 bridgehead atoms. The number of rotatable bonds is 8. The van der Waals surface area contributed by atoms with E-state index in [9.17, 15) is 22.0 Å². The zero-order valence-corrected chi connectivity index (χ0v) is 16.8. The summed E-state index contributed by atoms with van der Waals surface area (Å²) >= 11 is 0. The minimum atomic E-state index is -5.80. The number of anilines is 1. The van der Waals surface area contributed by atoms with E-state index < -0.39 is 18.0 Å². The second-order valence-electron chi connectivity index (χ2n) is 6.85. The van der Waals surface area contributed by atoms with E-state index in [-0.39, 0.29) is 0 Å². The number of halogens is 5. The Morgan fingerprint density at radius 1 is 1.27 bits per heavy atom. The molecule has 0 saturated heterocycles. The minimum absolute atomic E-state index is 0.416. The molecule has 0 aliphatic heterocycles. The molecule has 0 spiro atoms. The minimum Gasteiger partial charge on any atom is -0.426 e. The average molecular weight is 429 g/mol. The molecule has 1 aromatic rings. The van der Waals surface area contributed by atoms with E-state index in [1.807, 2.05) is 14.0 Å². The molecule has 9 heteroatoms. The van der Waals surface area contributed by atoms with Gasteiger partial charge in [-0.15, -0.1) is 6.42 Å². The number of nitrogens with zero attached hydrogens (tertiary/aromatic N) is 2. The van der Waals surface area contributed by atoms with Crippen LogP contribution in [0, 0.1) is 18.3 Å². The molecule has 164 valence electrons. The second kappa shape index (κ2) is 9.94. The highest BCUT2D eigenvalue weighted by molar-refractivity contribution is 6.12. The van der Waals surface area contributed by atoms with Gasteiger partial charge in [-0.2, -0.15) is 27.1 Å². The fourth-order valence-electron chi connectivity index (χ4n) is 3.09. The van der Waals surface area contributed by atoms with E-state index in [1.165, 1.54) is 12.1 Å². The van der Waals surface area contributed by atoms with Crippen LogP contribution in [0.5, 0.6) is 5.75 Å². The van der Waals surface area contributed by atoms with E-state index >= 15 is 0 Å². The van der Waals surface area contributed by atoms with Crippen LogP contribution in [0.1, 0.15) is 26.2 Å². The largest absolute Gasteiger partial charge is 0.499 e. The lowest BCUT2D eigenvalue weighted by molar-refractivity contribution is -0.360. The zero-order valence-electron chi connectivity index (χ0n) is 16.8. The Hall–Kier alpha value is -2.60. The van der Waals surface area contributed by atoms with Crippen LogP contribution in [0.3, 0.4) is 0 Å². The molecule has 1 aliphatic rings. The summed E-state index contributed by atoms with van der Waals surface area (Å²) in [6.45, 7) is 3.16. The molecule has 0 fully saturated rings. The average Bonchev–Trinajstić information content (AvgIpc) is 2.70. The van der Waals surface area contributed by atoms with Crippen LogP contribution in [0.4, 0.5) is 27.6 Å². The van der Waals surface area contributed by atoms with Crippen molar-refractivity contribution in [1.29, 1.82) is 0 Å². The number of nitrogens with one attached hydrogen (secondary N) is 1. The Balaban J connectivity index is 2.16. The Morgan fingerprint density at radius 2 is 1.93 bits per heavy atom. The highest BCUT2D eigenvalue weighted by Gasteiger charge is 2.61. The summed E-state index contributed by atoms with van der Waals surface area (Å²) in [7, 11) is 1.91. The predicted molar refractivity (Wildman–Crippen MR) is 107 cm³/mol. The van der Waals surface area contributed by atoms with Crippen LogP contribution in [0.2, 0.25) is 0 Å². The molecule has 1 aliphatic carbocycles. The third-order valence-electron chi connectivity index (χ3n) is 4.68.